The maximum absolute atomic E-state index is 15.0. The van der Waals surface area contributed by atoms with Gasteiger partial charge in [-0.2, -0.15) is 0 Å². The molecule has 0 saturated heterocycles. The lowest BCUT2D eigenvalue weighted by Crippen LogP contribution is -2.39. The summed E-state index contributed by atoms with van der Waals surface area (Å²) in [5.74, 6) is -0.478. The average Bonchev–Trinajstić information content (AvgIpc) is 3.28. The monoisotopic (exact) mass is 515 g/mol. The van der Waals surface area contributed by atoms with Crippen molar-refractivity contribution in [3.8, 4) is 28.4 Å². The first kappa shape index (κ1) is 25.8. The van der Waals surface area contributed by atoms with Crippen LogP contribution in [0.2, 0.25) is 5.02 Å². The van der Waals surface area contributed by atoms with Crippen LogP contribution in [0.25, 0.3) is 11.1 Å². The number of hydrogen-bond donors (Lipinski definition) is 3. The van der Waals surface area contributed by atoms with Crippen molar-refractivity contribution in [1.82, 2.24) is 5.32 Å². The van der Waals surface area contributed by atoms with Gasteiger partial charge in [-0.25, -0.2) is 4.39 Å². The Morgan fingerprint density at radius 3 is 2.53 bits per heavy atom. The summed E-state index contributed by atoms with van der Waals surface area (Å²) in [4.78, 5) is 11.2. The van der Waals surface area contributed by atoms with E-state index < -0.39 is 24.4 Å². The van der Waals surface area contributed by atoms with Crippen molar-refractivity contribution in [2.45, 2.75) is 31.5 Å². The van der Waals surface area contributed by atoms with E-state index >= 15 is 0 Å². The third kappa shape index (κ3) is 5.11. The number of aliphatic hydroxyl groups is 1. The van der Waals surface area contributed by atoms with Crippen LogP contribution in [-0.2, 0) is 17.8 Å². The van der Waals surface area contributed by atoms with Gasteiger partial charge in [-0.1, -0.05) is 41.9 Å². The molecule has 0 saturated carbocycles. The van der Waals surface area contributed by atoms with E-state index in [1.807, 2.05) is 18.2 Å². The van der Waals surface area contributed by atoms with Gasteiger partial charge in [0.1, 0.15) is 23.6 Å². The number of rotatable bonds is 10. The summed E-state index contributed by atoms with van der Waals surface area (Å²) in [6.45, 7) is -0.419. The van der Waals surface area contributed by atoms with Crippen molar-refractivity contribution in [2.24, 2.45) is 0 Å². The molecule has 0 spiro atoms. The molecule has 1 aliphatic carbocycles. The molecular formula is C27H27ClFNO6. The summed E-state index contributed by atoms with van der Waals surface area (Å²) in [6, 6.07) is 13.0. The van der Waals surface area contributed by atoms with E-state index in [0.29, 0.717) is 40.5 Å². The van der Waals surface area contributed by atoms with E-state index in [9.17, 15) is 14.3 Å². The number of nitrogens with one attached hydrogen (secondary N) is 1. The van der Waals surface area contributed by atoms with E-state index in [-0.39, 0.29) is 18.4 Å². The first-order valence-corrected chi connectivity index (χ1v) is 11.8. The summed E-state index contributed by atoms with van der Waals surface area (Å²) in [5, 5.41) is 21.4. The van der Waals surface area contributed by atoms with Gasteiger partial charge in [-0.3, -0.25) is 10.1 Å². The molecule has 0 aliphatic heterocycles. The predicted molar refractivity (Wildman–Crippen MR) is 133 cm³/mol. The normalized spacial score (nSPS) is 15.3. The first-order chi connectivity index (χ1) is 17.4. The second-order valence-electron chi connectivity index (χ2n) is 8.39. The van der Waals surface area contributed by atoms with Crippen LogP contribution in [-0.4, -0.2) is 43.1 Å². The molecule has 0 bridgehead atoms. The zero-order valence-electron chi connectivity index (χ0n) is 19.9. The summed E-state index contributed by atoms with van der Waals surface area (Å²) < 4.78 is 31.9. The van der Waals surface area contributed by atoms with Gasteiger partial charge in [0, 0.05) is 23.7 Å². The SMILES string of the molecule is COc1cc(O[C@H]2CCc3c(-c4cccc(OC)c4F)cccc32)c(Cl)cc1CNC(CO)C(=O)O. The number of aliphatic hydroxyl groups excluding tert-OH is 1. The Labute approximate surface area is 213 Å². The smallest absolute Gasteiger partial charge is 0.323 e. The van der Waals surface area contributed by atoms with Gasteiger partial charge in [0.2, 0.25) is 0 Å². The molecule has 3 aromatic rings. The van der Waals surface area contributed by atoms with Gasteiger partial charge in [0.15, 0.2) is 11.6 Å². The largest absolute Gasteiger partial charge is 0.496 e. The number of hydrogen-bond acceptors (Lipinski definition) is 6. The van der Waals surface area contributed by atoms with Crippen LogP contribution in [0.3, 0.4) is 0 Å². The Bertz CT molecular complexity index is 1270. The molecule has 9 heteroatoms. The zero-order valence-corrected chi connectivity index (χ0v) is 20.6. The van der Waals surface area contributed by atoms with Gasteiger partial charge >= 0.3 is 5.97 Å². The predicted octanol–water partition coefficient (Wildman–Crippen LogP) is 4.76. The van der Waals surface area contributed by atoms with E-state index in [1.54, 1.807) is 30.3 Å². The molecule has 0 fully saturated rings. The highest BCUT2D eigenvalue weighted by Crippen LogP contribution is 2.43. The molecule has 190 valence electrons. The highest BCUT2D eigenvalue weighted by Gasteiger charge is 2.28. The summed E-state index contributed by atoms with van der Waals surface area (Å²) in [7, 11) is 2.94. The standard InChI is InChI=1S/C27H27ClFNO6/c1-34-23-8-4-7-19(26(23)29)16-5-3-6-18-17(16)9-10-22(18)36-25-12-24(35-2)15(11-20(25)28)13-30-21(14-31)27(32)33/h3-8,11-12,21-22,30-31H,9-10,13-14H2,1-2H3,(H,32,33)/t21?,22-/m0/s1. The van der Waals surface area contributed by atoms with Crippen LogP contribution in [0, 0.1) is 5.82 Å². The van der Waals surface area contributed by atoms with Crippen LogP contribution in [0.4, 0.5) is 4.39 Å². The Morgan fingerprint density at radius 1 is 1.11 bits per heavy atom. The molecule has 0 heterocycles. The number of aliphatic carboxylic acids is 1. The lowest BCUT2D eigenvalue weighted by molar-refractivity contribution is -0.140. The van der Waals surface area contributed by atoms with E-state index in [0.717, 1.165) is 16.7 Å². The Kier molecular flexibility index (Phi) is 7.98. The second-order valence-corrected chi connectivity index (χ2v) is 8.80. The molecule has 2 atom stereocenters. The topological polar surface area (TPSA) is 97.3 Å². The highest BCUT2D eigenvalue weighted by molar-refractivity contribution is 6.32. The molecular weight excluding hydrogens is 489 g/mol. The highest BCUT2D eigenvalue weighted by atomic mass is 35.5. The number of carbonyl (C=O) groups is 1. The molecule has 0 amide bonds. The Balaban J connectivity index is 1.59. The van der Waals surface area contributed by atoms with E-state index in [2.05, 4.69) is 5.32 Å². The molecule has 4 rings (SSSR count). The van der Waals surface area contributed by atoms with E-state index in [4.69, 9.17) is 30.9 Å². The number of carboxylic acid groups (broad SMARTS) is 1. The van der Waals surface area contributed by atoms with Crippen LogP contribution < -0.4 is 19.5 Å². The third-order valence-corrected chi connectivity index (χ3v) is 6.61. The summed E-state index contributed by atoms with van der Waals surface area (Å²) in [5.41, 5.74) is 3.88. The Hall–Kier alpha value is -3.33. The van der Waals surface area contributed by atoms with Crippen LogP contribution in [0.5, 0.6) is 17.2 Å². The molecule has 0 radical (unpaired) electrons. The minimum atomic E-state index is -1.16. The minimum Gasteiger partial charge on any atom is -0.496 e. The lowest BCUT2D eigenvalue weighted by atomic mass is 9.96. The van der Waals surface area contributed by atoms with Crippen molar-refractivity contribution < 1.29 is 33.6 Å². The van der Waals surface area contributed by atoms with Gasteiger partial charge in [0.05, 0.1) is 25.8 Å². The third-order valence-electron chi connectivity index (χ3n) is 6.31. The van der Waals surface area contributed by atoms with Crippen LogP contribution >= 0.6 is 11.6 Å². The zero-order chi connectivity index (χ0) is 25.8. The molecule has 0 aromatic heterocycles. The maximum Gasteiger partial charge on any atom is 0.323 e. The number of benzene rings is 3. The minimum absolute atomic E-state index is 0.127. The van der Waals surface area contributed by atoms with Crippen molar-refractivity contribution in [3.05, 3.63) is 76.1 Å². The molecule has 36 heavy (non-hydrogen) atoms. The van der Waals surface area contributed by atoms with E-state index in [1.165, 1.54) is 14.2 Å². The summed E-state index contributed by atoms with van der Waals surface area (Å²) in [6.07, 6.45) is 1.11. The fourth-order valence-corrected chi connectivity index (χ4v) is 4.71. The number of halogens is 2. The number of fused-ring (bicyclic) bond motifs is 1. The van der Waals surface area contributed by atoms with Gasteiger partial charge < -0.3 is 24.4 Å². The second kappa shape index (κ2) is 11.2. The van der Waals surface area contributed by atoms with Crippen molar-refractivity contribution in [1.29, 1.82) is 0 Å². The molecule has 1 aliphatic rings. The quantitative estimate of drug-likeness (QED) is 0.358. The average molecular weight is 516 g/mol. The number of ether oxygens (including phenoxy) is 3. The van der Waals surface area contributed by atoms with Crippen molar-refractivity contribution in [3.63, 3.8) is 0 Å². The van der Waals surface area contributed by atoms with Gasteiger partial charge in [-0.05, 0) is 41.7 Å². The lowest BCUT2D eigenvalue weighted by Gasteiger charge is -2.19. The van der Waals surface area contributed by atoms with Crippen LogP contribution in [0.1, 0.15) is 29.2 Å². The molecule has 3 aromatic carbocycles. The fraction of sp³-hybridized carbons (Fsp3) is 0.296. The van der Waals surface area contributed by atoms with Crippen molar-refractivity contribution in [2.75, 3.05) is 20.8 Å². The Morgan fingerprint density at radius 2 is 1.83 bits per heavy atom. The van der Waals surface area contributed by atoms with Gasteiger partial charge in [-0.15, -0.1) is 0 Å². The van der Waals surface area contributed by atoms with Crippen molar-refractivity contribution >= 4 is 17.6 Å². The summed E-state index contributed by atoms with van der Waals surface area (Å²) >= 11 is 6.52. The molecule has 1 unspecified atom stereocenters. The van der Waals surface area contributed by atoms with Gasteiger partial charge in [0.25, 0.3) is 0 Å². The number of methoxy groups -OCH3 is 2. The van der Waals surface area contributed by atoms with Crippen LogP contribution in [0.15, 0.2) is 48.5 Å². The fourth-order valence-electron chi connectivity index (χ4n) is 4.48. The number of carboxylic acids is 1. The first-order valence-electron chi connectivity index (χ1n) is 11.4. The maximum atomic E-state index is 15.0. The molecule has 7 nitrogen and oxygen atoms in total. The molecule has 3 N–H and O–H groups in total.